The van der Waals surface area contributed by atoms with Crippen LogP contribution < -0.4 is 5.73 Å². The molecule has 1 aliphatic rings. The Morgan fingerprint density at radius 1 is 1.57 bits per heavy atom. The highest BCUT2D eigenvalue weighted by atomic mass is 32.1. The van der Waals surface area contributed by atoms with Gasteiger partial charge < -0.3 is 5.73 Å². The predicted molar refractivity (Wildman–Crippen MR) is 62.5 cm³/mol. The van der Waals surface area contributed by atoms with Gasteiger partial charge in [-0.2, -0.15) is 11.3 Å². The Balaban J connectivity index is 1.91. The summed E-state index contributed by atoms with van der Waals surface area (Å²) in [5, 5.41) is 4.36. The normalized spacial score (nSPS) is 25.5. The standard InChI is InChI=1S/C12H17NS/c13-12-3-1-2-10(8-12)4-5-11-6-7-14-9-11/h4,6-7,9,12H,1-3,5,8,13H2. The van der Waals surface area contributed by atoms with Crippen molar-refractivity contribution in [3.63, 3.8) is 0 Å². The average Bonchev–Trinajstić information content (AvgIpc) is 2.67. The molecule has 0 aliphatic heterocycles. The molecule has 0 aromatic carbocycles. The van der Waals surface area contributed by atoms with Crippen LogP contribution in [0, 0.1) is 0 Å². The summed E-state index contributed by atoms with van der Waals surface area (Å²) in [7, 11) is 0. The maximum absolute atomic E-state index is 5.94. The van der Waals surface area contributed by atoms with Gasteiger partial charge >= 0.3 is 0 Å². The molecule has 76 valence electrons. The van der Waals surface area contributed by atoms with Gasteiger partial charge in [0.15, 0.2) is 0 Å². The molecule has 1 unspecified atom stereocenters. The number of thiophene rings is 1. The van der Waals surface area contributed by atoms with Crippen LogP contribution in [0.2, 0.25) is 0 Å². The van der Waals surface area contributed by atoms with E-state index in [9.17, 15) is 0 Å². The molecule has 0 radical (unpaired) electrons. The lowest BCUT2D eigenvalue weighted by molar-refractivity contribution is 0.516. The first-order chi connectivity index (χ1) is 6.84. The summed E-state index contributed by atoms with van der Waals surface area (Å²) < 4.78 is 0. The zero-order chi connectivity index (χ0) is 9.80. The van der Waals surface area contributed by atoms with Crippen LogP contribution in [0.1, 0.15) is 31.2 Å². The maximum Gasteiger partial charge on any atom is 0.00761 e. The average molecular weight is 207 g/mol. The van der Waals surface area contributed by atoms with E-state index in [1.54, 1.807) is 16.9 Å². The van der Waals surface area contributed by atoms with E-state index < -0.39 is 0 Å². The molecular formula is C12H17NS. The molecule has 1 aromatic heterocycles. The van der Waals surface area contributed by atoms with Crippen molar-refractivity contribution in [3.8, 4) is 0 Å². The second-order valence-corrected chi connectivity index (χ2v) is 4.83. The Bertz CT molecular complexity index is 300. The van der Waals surface area contributed by atoms with E-state index in [4.69, 9.17) is 5.73 Å². The first kappa shape index (κ1) is 9.94. The van der Waals surface area contributed by atoms with Crippen LogP contribution in [0.15, 0.2) is 28.5 Å². The van der Waals surface area contributed by atoms with Gasteiger partial charge in [-0.1, -0.05) is 11.6 Å². The van der Waals surface area contributed by atoms with Crippen LogP contribution in [0.4, 0.5) is 0 Å². The van der Waals surface area contributed by atoms with Crippen molar-refractivity contribution < 1.29 is 0 Å². The largest absolute Gasteiger partial charge is 0.327 e. The molecule has 2 heteroatoms. The molecule has 1 atom stereocenters. The van der Waals surface area contributed by atoms with Gasteiger partial charge in [-0.15, -0.1) is 0 Å². The Kier molecular flexibility index (Phi) is 3.38. The third-order valence-corrected chi connectivity index (χ3v) is 3.54. The zero-order valence-corrected chi connectivity index (χ0v) is 9.22. The minimum Gasteiger partial charge on any atom is -0.327 e. The van der Waals surface area contributed by atoms with Gasteiger partial charge in [0.2, 0.25) is 0 Å². The lowest BCUT2D eigenvalue weighted by Crippen LogP contribution is -2.23. The minimum absolute atomic E-state index is 0.414. The van der Waals surface area contributed by atoms with Gasteiger partial charge in [0, 0.05) is 6.04 Å². The molecular weight excluding hydrogens is 190 g/mol. The summed E-state index contributed by atoms with van der Waals surface area (Å²) in [5.74, 6) is 0. The van der Waals surface area contributed by atoms with Crippen molar-refractivity contribution in [1.29, 1.82) is 0 Å². The molecule has 2 N–H and O–H groups in total. The zero-order valence-electron chi connectivity index (χ0n) is 8.41. The second-order valence-electron chi connectivity index (χ2n) is 4.05. The molecule has 14 heavy (non-hydrogen) atoms. The quantitative estimate of drug-likeness (QED) is 0.741. The number of hydrogen-bond donors (Lipinski definition) is 1. The lowest BCUT2D eigenvalue weighted by atomic mass is 9.90. The SMILES string of the molecule is NC1CCCC(=CCc2ccsc2)C1. The fraction of sp³-hybridized carbons (Fsp3) is 0.500. The van der Waals surface area contributed by atoms with E-state index in [-0.39, 0.29) is 0 Å². The van der Waals surface area contributed by atoms with Gasteiger partial charge in [-0.25, -0.2) is 0 Å². The van der Waals surface area contributed by atoms with Crippen LogP contribution in [0.5, 0.6) is 0 Å². The summed E-state index contributed by atoms with van der Waals surface area (Å²) >= 11 is 1.77. The molecule has 1 aliphatic carbocycles. The van der Waals surface area contributed by atoms with Crippen LogP contribution in [-0.4, -0.2) is 6.04 Å². The number of nitrogens with two attached hydrogens (primary N) is 1. The molecule has 0 saturated heterocycles. The van der Waals surface area contributed by atoms with Crippen molar-refractivity contribution in [1.82, 2.24) is 0 Å². The molecule has 0 spiro atoms. The van der Waals surface area contributed by atoms with E-state index in [1.807, 2.05) is 0 Å². The van der Waals surface area contributed by atoms with Crippen molar-refractivity contribution in [2.45, 2.75) is 38.1 Å². The van der Waals surface area contributed by atoms with Crippen LogP contribution >= 0.6 is 11.3 Å². The van der Waals surface area contributed by atoms with Gasteiger partial charge in [0.25, 0.3) is 0 Å². The van der Waals surface area contributed by atoms with Crippen LogP contribution in [0.25, 0.3) is 0 Å². The monoisotopic (exact) mass is 207 g/mol. The molecule has 1 heterocycles. The fourth-order valence-electron chi connectivity index (χ4n) is 1.99. The molecule has 1 aromatic rings. The van der Waals surface area contributed by atoms with Crippen molar-refractivity contribution in [2.24, 2.45) is 5.73 Å². The van der Waals surface area contributed by atoms with Gasteiger partial charge in [-0.05, 0) is 54.5 Å². The Morgan fingerprint density at radius 3 is 3.21 bits per heavy atom. The van der Waals surface area contributed by atoms with Crippen molar-refractivity contribution in [2.75, 3.05) is 0 Å². The van der Waals surface area contributed by atoms with Crippen LogP contribution in [0.3, 0.4) is 0 Å². The molecule has 0 bridgehead atoms. The summed E-state index contributed by atoms with van der Waals surface area (Å²) in [6.07, 6.45) is 8.32. The topological polar surface area (TPSA) is 26.0 Å². The maximum atomic E-state index is 5.94. The van der Waals surface area contributed by atoms with Gasteiger partial charge in [0.05, 0.1) is 0 Å². The first-order valence-corrected chi connectivity index (χ1v) is 6.23. The van der Waals surface area contributed by atoms with Crippen molar-refractivity contribution in [3.05, 3.63) is 34.0 Å². The minimum atomic E-state index is 0.414. The molecule has 2 rings (SSSR count). The Labute approximate surface area is 89.6 Å². The smallest absolute Gasteiger partial charge is 0.00761 e. The Morgan fingerprint density at radius 2 is 2.50 bits per heavy atom. The Hall–Kier alpha value is -0.600. The highest BCUT2D eigenvalue weighted by Gasteiger charge is 2.12. The number of rotatable bonds is 2. The van der Waals surface area contributed by atoms with E-state index in [0.717, 1.165) is 12.8 Å². The number of hydrogen-bond acceptors (Lipinski definition) is 2. The summed E-state index contributed by atoms with van der Waals surface area (Å²) in [5.41, 5.74) is 8.93. The summed E-state index contributed by atoms with van der Waals surface area (Å²) in [4.78, 5) is 0. The van der Waals surface area contributed by atoms with E-state index in [1.165, 1.54) is 24.8 Å². The first-order valence-electron chi connectivity index (χ1n) is 5.29. The van der Waals surface area contributed by atoms with E-state index in [2.05, 4.69) is 22.9 Å². The third-order valence-electron chi connectivity index (χ3n) is 2.80. The van der Waals surface area contributed by atoms with Crippen LogP contribution in [-0.2, 0) is 6.42 Å². The predicted octanol–water partition coefficient (Wildman–Crippen LogP) is 3.12. The second kappa shape index (κ2) is 4.76. The van der Waals surface area contributed by atoms with E-state index >= 15 is 0 Å². The highest BCUT2D eigenvalue weighted by molar-refractivity contribution is 7.07. The summed E-state index contributed by atoms with van der Waals surface area (Å²) in [6.45, 7) is 0. The van der Waals surface area contributed by atoms with Gasteiger partial charge in [0.1, 0.15) is 0 Å². The molecule has 1 saturated carbocycles. The summed E-state index contributed by atoms with van der Waals surface area (Å²) in [6, 6.07) is 2.61. The van der Waals surface area contributed by atoms with Gasteiger partial charge in [-0.3, -0.25) is 0 Å². The van der Waals surface area contributed by atoms with E-state index in [0.29, 0.717) is 6.04 Å². The fourth-order valence-corrected chi connectivity index (χ4v) is 2.67. The molecule has 1 fully saturated rings. The number of allylic oxidation sites excluding steroid dienone is 1. The highest BCUT2D eigenvalue weighted by Crippen LogP contribution is 2.22. The molecule has 0 amide bonds. The molecule has 1 nitrogen and oxygen atoms in total. The lowest BCUT2D eigenvalue weighted by Gasteiger charge is -2.20. The third kappa shape index (κ3) is 2.69. The van der Waals surface area contributed by atoms with Crippen molar-refractivity contribution >= 4 is 11.3 Å².